The average Bonchev–Trinajstić information content (AvgIpc) is 1.99. The molecule has 0 aliphatic carbocycles. The molecule has 0 spiro atoms. The van der Waals surface area contributed by atoms with Gasteiger partial charge in [-0.05, 0) is 0 Å². The Morgan fingerprint density at radius 1 is 1.40 bits per heavy atom. The number of alkyl halides is 2. The first kappa shape index (κ1) is 12.1. The van der Waals surface area contributed by atoms with E-state index in [2.05, 4.69) is 0 Å². The lowest BCUT2D eigenvalue weighted by Crippen LogP contribution is -2.17. The molecule has 0 unspecified atom stereocenters. The molecule has 9 heteroatoms. The summed E-state index contributed by atoms with van der Waals surface area (Å²) in [5.41, 5.74) is -2.77. The molecule has 0 saturated heterocycles. The van der Waals surface area contributed by atoms with Crippen LogP contribution in [0.25, 0.3) is 0 Å². The van der Waals surface area contributed by atoms with Crippen molar-refractivity contribution in [1.82, 2.24) is 4.98 Å². The highest BCUT2D eigenvalue weighted by molar-refractivity contribution is 8.13. The fourth-order valence-electron chi connectivity index (χ4n) is 0.940. The van der Waals surface area contributed by atoms with Crippen molar-refractivity contribution in [2.75, 3.05) is 0 Å². The van der Waals surface area contributed by atoms with Crippen molar-refractivity contribution < 1.29 is 21.6 Å². The van der Waals surface area contributed by atoms with Gasteiger partial charge in [0, 0.05) is 16.7 Å². The van der Waals surface area contributed by atoms with Crippen LogP contribution in [-0.4, -0.2) is 13.4 Å². The second kappa shape index (κ2) is 3.86. The molecule has 15 heavy (non-hydrogen) atoms. The largest absolute Gasteiger partial charge is 0.329 e. The smallest absolute Gasteiger partial charge is 0.279 e. The van der Waals surface area contributed by atoms with Gasteiger partial charge in [-0.1, -0.05) is 0 Å². The first-order valence-corrected chi connectivity index (χ1v) is 5.70. The van der Waals surface area contributed by atoms with Crippen LogP contribution >= 0.6 is 10.7 Å². The third kappa shape index (κ3) is 2.51. The van der Waals surface area contributed by atoms with Crippen LogP contribution in [0.15, 0.2) is 15.8 Å². The number of aromatic nitrogens is 1. The molecule has 0 saturated carbocycles. The topological polar surface area (TPSA) is 67.0 Å². The molecule has 0 aliphatic heterocycles. The molecular weight excluding hydrogens is 259 g/mol. The van der Waals surface area contributed by atoms with E-state index in [0.29, 0.717) is 0 Å². The summed E-state index contributed by atoms with van der Waals surface area (Å²) in [5, 5.41) is 0. The molecule has 0 fully saturated rings. The third-order valence-electron chi connectivity index (χ3n) is 1.44. The molecule has 0 aromatic carbocycles. The zero-order chi connectivity index (χ0) is 11.8. The number of nitrogens with one attached hydrogen (secondary N) is 1. The highest BCUT2D eigenvalue weighted by Gasteiger charge is 2.26. The molecule has 1 rings (SSSR count). The molecule has 1 N–H and O–H groups in total. The monoisotopic (exact) mass is 261 g/mol. The molecule has 84 valence electrons. The van der Waals surface area contributed by atoms with Crippen molar-refractivity contribution in [1.29, 1.82) is 0 Å². The average molecular weight is 262 g/mol. The van der Waals surface area contributed by atoms with Crippen LogP contribution < -0.4 is 5.43 Å². The van der Waals surface area contributed by atoms with Gasteiger partial charge < -0.3 is 4.98 Å². The maximum Gasteiger partial charge on any atom is 0.279 e. The number of halogens is 4. The SMILES string of the molecule is O=c1cc(F)[nH]c(C(F)F)c1S(=O)(=O)Cl. The summed E-state index contributed by atoms with van der Waals surface area (Å²) in [5.74, 6) is -1.36. The van der Waals surface area contributed by atoms with Crippen molar-refractivity contribution in [3.63, 3.8) is 0 Å². The summed E-state index contributed by atoms with van der Waals surface area (Å²) in [6, 6.07) is 0.223. The molecule has 0 amide bonds. The van der Waals surface area contributed by atoms with Gasteiger partial charge in [-0.3, -0.25) is 4.79 Å². The minimum absolute atomic E-state index is 0.223. The van der Waals surface area contributed by atoms with Crippen molar-refractivity contribution >= 4 is 19.7 Å². The second-order valence-electron chi connectivity index (χ2n) is 2.46. The summed E-state index contributed by atoms with van der Waals surface area (Å²) in [6.45, 7) is 0. The molecule has 1 heterocycles. The minimum Gasteiger partial charge on any atom is -0.329 e. The maximum atomic E-state index is 12.5. The second-order valence-corrected chi connectivity index (χ2v) is 4.97. The zero-order valence-corrected chi connectivity index (χ0v) is 8.37. The van der Waals surface area contributed by atoms with Crippen LogP contribution in [0.2, 0.25) is 0 Å². The Morgan fingerprint density at radius 3 is 2.33 bits per heavy atom. The predicted molar refractivity (Wildman–Crippen MR) is 45.0 cm³/mol. The highest BCUT2D eigenvalue weighted by Crippen LogP contribution is 2.24. The van der Waals surface area contributed by atoms with Crippen LogP contribution in [0.5, 0.6) is 0 Å². The normalized spacial score (nSPS) is 12.1. The Labute approximate surface area is 86.1 Å². The predicted octanol–water partition coefficient (Wildman–Crippen LogP) is 1.38. The fraction of sp³-hybridized carbons (Fsp3) is 0.167. The molecule has 0 aliphatic rings. The molecule has 0 atom stereocenters. The lowest BCUT2D eigenvalue weighted by atomic mass is 10.3. The summed E-state index contributed by atoms with van der Waals surface area (Å²) >= 11 is 0. The summed E-state index contributed by atoms with van der Waals surface area (Å²) in [7, 11) is 0.118. The van der Waals surface area contributed by atoms with Crippen LogP contribution in [0, 0.1) is 5.95 Å². The van der Waals surface area contributed by atoms with Gasteiger partial charge in [0.05, 0.1) is 0 Å². The van der Waals surface area contributed by atoms with Crippen LogP contribution in [0.1, 0.15) is 12.1 Å². The summed E-state index contributed by atoms with van der Waals surface area (Å²) < 4.78 is 58.6. The van der Waals surface area contributed by atoms with E-state index < -0.39 is 37.4 Å². The number of aromatic amines is 1. The molecular formula is C6H3ClF3NO3S. The summed E-state index contributed by atoms with van der Waals surface area (Å²) in [6.07, 6.45) is -3.35. The number of hydrogen-bond acceptors (Lipinski definition) is 3. The Balaban J connectivity index is 3.71. The molecule has 0 bridgehead atoms. The van der Waals surface area contributed by atoms with E-state index in [-0.39, 0.29) is 6.07 Å². The van der Waals surface area contributed by atoms with Gasteiger partial charge in [-0.2, -0.15) is 4.39 Å². The standard InChI is InChI=1S/C6H3ClF3NO3S/c7-15(13,14)5-2(12)1-3(8)11-4(5)6(9)10/h1,6H,(H,11,12). The highest BCUT2D eigenvalue weighted by atomic mass is 35.7. The van der Waals surface area contributed by atoms with Crippen molar-refractivity contribution in [3.05, 3.63) is 27.9 Å². The quantitative estimate of drug-likeness (QED) is 0.646. The van der Waals surface area contributed by atoms with E-state index in [9.17, 15) is 26.4 Å². The van der Waals surface area contributed by atoms with Crippen LogP contribution in [0.3, 0.4) is 0 Å². The van der Waals surface area contributed by atoms with Gasteiger partial charge in [-0.25, -0.2) is 17.2 Å². The van der Waals surface area contributed by atoms with E-state index in [1.54, 1.807) is 0 Å². The van der Waals surface area contributed by atoms with E-state index in [0.717, 1.165) is 0 Å². The first-order chi connectivity index (χ1) is 6.73. The van der Waals surface area contributed by atoms with Crippen molar-refractivity contribution in [3.8, 4) is 0 Å². The molecule has 1 aromatic heterocycles. The van der Waals surface area contributed by atoms with Gasteiger partial charge in [0.2, 0.25) is 5.43 Å². The van der Waals surface area contributed by atoms with E-state index in [4.69, 9.17) is 10.7 Å². The first-order valence-electron chi connectivity index (χ1n) is 3.39. The maximum absolute atomic E-state index is 12.5. The summed E-state index contributed by atoms with van der Waals surface area (Å²) in [4.78, 5) is 11.1. The number of hydrogen-bond donors (Lipinski definition) is 1. The Hall–Kier alpha value is -1.02. The Morgan fingerprint density at radius 2 is 1.93 bits per heavy atom. The van der Waals surface area contributed by atoms with Crippen molar-refractivity contribution in [2.24, 2.45) is 0 Å². The lowest BCUT2D eigenvalue weighted by Gasteiger charge is -2.04. The third-order valence-corrected chi connectivity index (χ3v) is 2.81. The number of rotatable bonds is 2. The van der Waals surface area contributed by atoms with E-state index in [1.165, 1.54) is 4.98 Å². The van der Waals surface area contributed by atoms with Crippen LogP contribution in [0.4, 0.5) is 13.2 Å². The molecule has 0 radical (unpaired) electrons. The fourth-order valence-corrected chi connectivity index (χ4v) is 2.12. The van der Waals surface area contributed by atoms with Gasteiger partial charge in [0.1, 0.15) is 5.69 Å². The van der Waals surface area contributed by atoms with E-state index in [1.807, 2.05) is 0 Å². The molecule has 4 nitrogen and oxygen atoms in total. The zero-order valence-electron chi connectivity index (χ0n) is 6.80. The minimum atomic E-state index is -4.64. The van der Waals surface area contributed by atoms with Gasteiger partial charge in [-0.15, -0.1) is 0 Å². The van der Waals surface area contributed by atoms with Crippen molar-refractivity contribution in [2.45, 2.75) is 11.3 Å². The lowest BCUT2D eigenvalue weighted by molar-refractivity contribution is 0.140. The van der Waals surface area contributed by atoms with Crippen LogP contribution in [-0.2, 0) is 9.05 Å². The van der Waals surface area contributed by atoms with E-state index >= 15 is 0 Å². The number of H-pyrrole nitrogens is 1. The Kier molecular flexibility index (Phi) is 3.10. The van der Waals surface area contributed by atoms with Gasteiger partial charge in [0.25, 0.3) is 15.5 Å². The number of pyridine rings is 1. The van der Waals surface area contributed by atoms with Gasteiger partial charge in [0.15, 0.2) is 10.8 Å². The molecule has 1 aromatic rings. The Bertz CT molecular complexity index is 539. The van der Waals surface area contributed by atoms with Gasteiger partial charge >= 0.3 is 0 Å².